The molecule has 4 nitrogen and oxygen atoms in total. The summed E-state index contributed by atoms with van der Waals surface area (Å²) in [6, 6.07) is 10.7. The molecule has 0 unspecified atom stereocenters. The van der Waals surface area contributed by atoms with Crippen molar-refractivity contribution < 1.29 is 4.74 Å². The van der Waals surface area contributed by atoms with E-state index in [9.17, 15) is 0 Å². The number of nitrogens with zero attached hydrogens (tertiary/aromatic N) is 3. The second-order valence-electron chi connectivity index (χ2n) is 3.95. The lowest BCUT2D eigenvalue weighted by molar-refractivity contribution is 0.334. The van der Waals surface area contributed by atoms with Gasteiger partial charge in [-0.1, -0.05) is 30.3 Å². The molecule has 86 valence electrons. The maximum absolute atomic E-state index is 5.49. The fourth-order valence-corrected chi connectivity index (χ4v) is 1.90. The van der Waals surface area contributed by atoms with E-state index in [4.69, 9.17) is 4.74 Å². The maximum atomic E-state index is 5.49. The largest absolute Gasteiger partial charge is 0.463 e. The molecule has 17 heavy (non-hydrogen) atoms. The number of aromatic nitrogens is 2. The van der Waals surface area contributed by atoms with Gasteiger partial charge >= 0.3 is 0 Å². The number of imidazole rings is 1. The molecule has 1 aliphatic heterocycles. The van der Waals surface area contributed by atoms with E-state index in [0.717, 1.165) is 23.6 Å². The summed E-state index contributed by atoms with van der Waals surface area (Å²) in [5.41, 5.74) is 2.03. The molecule has 1 aromatic carbocycles. The predicted octanol–water partition coefficient (Wildman–Crippen LogP) is 2.09. The Kier molecular flexibility index (Phi) is 2.40. The van der Waals surface area contributed by atoms with Gasteiger partial charge in [0.25, 0.3) is 6.02 Å². The van der Waals surface area contributed by atoms with Crippen molar-refractivity contribution in [1.29, 1.82) is 0 Å². The third kappa shape index (κ3) is 1.82. The summed E-state index contributed by atoms with van der Waals surface area (Å²) in [4.78, 5) is 8.85. The summed E-state index contributed by atoms with van der Waals surface area (Å²) in [6.45, 7) is 3.35. The highest BCUT2D eigenvalue weighted by Gasteiger charge is 2.16. The molecule has 0 bridgehead atoms. The predicted molar refractivity (Wildman–Crippen MR) is 66.1 cm³/mol. The van der Waals surface area contributed by atoms with Crippen LogP contribution in [0.25, 0.3) is 11.4 Å². The summed E-state index contributed by atoms with van der Waals surface area (Å²) in [7, 11) is 0. The van der Waals surface area contributed by atoms with Crippen LogP contribution in [0.3, 0.4) is 0 Å². The molecule has 0 amide bonds. The number of aliphatic imine (C=N–C) groups is 1. The van der Waals surface area contributed by atoms with Crippen LogP contribution in [0.1, 0.15) is 5.69 Å². The Balaban J connectivity index is 2.11. The van der Waals surface area contributed by atoms with Gasteiger partial charge in [-0.15, -0.1) is 0 Å². The summed E-state index contributed by atoms with van der Waals surface area (Å²) in [6.07, 6.45) is 1.95. The minimum atomic E-state index is 0.643. The van der Waals surface area contributed by atoms with E-state index in [1.54, 1.807) is 0 Å². The van der Waals surface area contributed by atoms with Gasteiger partial charge in [-0.25, -0.2) is 9.98 Å². The molecule has 1 aliphatic rings. The molecule has 0 atom stereocenters. The van der Waals surface area contributed by atoms with Gasteiger partial charge in [-0.2, -0.15) is 0 Å². The van der Waals surface area contributed by atoms with Crippen molar-refractivity contribution in [2.45, 2.75) is 6.92 Å². The molecule has 0 N–H and O–H groups in total. The first-order chi connectivity index (χ1) is 8.34. The topological polar surface area (TPSA) is 39.4 Å². The fraction of sp³-hybridized carbons (Fsp3) is 0.231. The average molecular weight is 227 g/mol. The molecule has 0 radical (unpaired) electrons. The van der Waals surface area contributed by atoms with E-state index in [-0.39, 0.29) is 0 Å². The Morgan fingerprint density at radius 3 is 2.76 bits per heavy atom. The van der Waals surface area contributed by atoms with Crippen LogP contribution in [0.15, 0.2) is 41.5 Å². The number of aryl methyl sites for hydroxylation is 1. The molecule has 1 aromatic heterocycles. The Morgan fingerprint density at radius 1 is 1.24 bits per heavy atom. The van der Waals surface area contributed by atoms with Crippen LogP contribution in [0.2, 0.25) is 0 Å². The van der Waals surface area contributed by atoms with E-state index >= 15 is 0 Å². The number of benzene rings is 1. The van der Waals surface area contributed by atoms with Crippen molar-refractivity contribution >= 4 is 6.02 Å². The zero-order valence-electron chi connectivity index (χ0n) is 9.63. The second kappa shape index (κ2) is 4.05. The van der Waals surface area contributed by atoms with E-state index in [2.05, 4.69) is 9.98 Å². The van der Waals surface area contributed by atoms with Crippen LogP contribution >= 0.6 is 0 Å². The van der Waals surface area contributed by atoms with Gasteiger partial charge in [0, 0.05) is 11.8 Å². The maximum Gasteiger partial charge on any atom is 0.297 e. The van der Waals surface area contributed by atoms with Gasteiger partial charge in [0.2, 0.25) is 0 Å². The van der Waals surface area contributed by atoms with E-state index < -0.39 is 0 Å². The number of rotatable bonds is 1. The second-order valence-corrected chi connectivity index (χ2v) is 3.95. The molecule has 2 aromatic rings. The lowest BCUT2D eigenvalue weighted by Gasteiger charge is -2.06. The normalized spacial score (nSPS) is 14.5. The monoisotopic (exact) mass is 227 g/mol. The Hall–Kier alpha value is -2.10. The van der Waals surface area contributed by atoms with Gasteiger partial charge in [-0.05, 0) is 6.92 Å². The van der Waals surface area contributed by atoms with Crippen LogP contribution in [0.4, 0.5) is 0 Å². The number of hydrogen-bond donors (Lipinski definition) is 0. The number of hydrogen-bond acceptors (Lipinski definition) is 3. The van der Waals surface area contributed by atoms with Gasteiger partial charge in [-0.3, -0.25) is 4.57 Å². The van der Waals surface area contributed by atoms with E-state index in [1.807, 2.05) is 48.0 Å². The van der Waals surface area contributed by atoms with Gasteiger partial charge < -0.3 is 4.74 Å². The highest BCUT2D eigenvalue weighted by atomic mass is 16.5. The molecular weight excluding hydrogens is 214 g/mol. The van der Waals surface area contributed by atoms with Crippen LogP contribution in [-0.4, -0.2) is 28.7 Å². The van der Waals surface area contributed by atoms with Crippen molar-refractivity contribution in [1.82, 2.24) is 9.55 Å². The first-order valence-corrected chi connectivity index (χ1v) is 5.63. The SMILES string of the molecule is Cc1cn(C2=NCCO2)c(-c2ccccc2)n1. The van der Waals surface area contributed by atoms with E-state index in [1.165, 1.54) is 0 Å². The average Bonchev–Trinajstić information content (AvgIpc) is 2.98. The smallest absolute Gasteiger partial charge is 0.297 e. The minimum Gasteiger partial charge on any atom is -0.463 e. The fourth-order valence-electron chi connectivity index (χ4n) is 1.90. The van der Waals surface area contributed by atoms with Crippen molar-refractivity contribution in [3.05, 3.63) is 42.2 Å². The summed E-state index contributed by atoms with van der Waals surface area (Å²) >= 11 is 0. The Bertz CT molecular complexity index is 557. The van der Waals surface area contributed by atoms with Crippen LogP contribution < -0.4 is 0 Å². The molecular formula is C13H13N3O. The van der Waals surface area contributed by atoms with E-state index in [0.29, 0.717) is 12.6 Å². The summed E-state index contributed by atoms with van der Waals surface area (Å²) in [5, 5.41) is 0. The van der Waals surface area contributed by atoms with Crippen molar-refractivity contribution in [2.24, 2.45) is 4.99 Å². The molecule has 0 saturated heterocycles. The molecule has 3 rings (SSSR count). The van der Waals surface area contributed by atoms with Crippen molar-refractivity contribution in [2.75, 3.05) is 13.2 Å². The summed E-state index contributed by atoms with van der Waals surface area (Å²) in [5.74, 6) is 0.878. The molecule has 0 spiro atoms. The van der Waals surface area contributed by atoms with Crippen LogP contribution in [0.5, 0.6) is 0 Å². The quantitative estimate of drug-likeness (QED) is 0.748. The van der Waals surface area contributed by atoms with Gasteiger partial charge in [0.05, 0.1) is 12.2 Å². The molecule has 0 saturated carbocycles. The standard InChI is InChI=1S/C13H13N3O/c1-10-9-16(13-14-7-8-17-13)12(15-10)11-5-3-2-4-6-11/h2-6,9H,7-8H2,1H3. The molecule has 0 aliphatic carbocycles. The lowest BCUT2D eigenvalue weighted by Crippen LogP contribution is -2.12. The van der Waals surface area contributed by atoms with Gasteiger partial charge in [0.15, 0.2) is 0 Å². The molecule has 2 heterocycles. The van der Waals surface area contributed by atoms with Crippen molar-refractivity contribution in [3.8, 4) is 11.4 Å². The van der Waals surface area contributed by atoms with Gasteiger partial charge in [0.1, 0.15) is 12.4 Å². The Morgan fingerprint density at radius 2 is 2.06 bits per heavy atom. The zero-order valence-corrected chi connectivity index (χ0v) is 9.63. The first kappa shape index (κ1) is 10.1. The zero-order chi connectivity index (χ0) is 11.7. The highest BCUT2D eigenvalue weighted by Crippen LogP contribution is 2.19. The lowest BCUT2D eigenvalue weighted by atomic mass is 10.2. The highest BCUT2D eigenvalue weighted by molar-refractivity contribution is 5.82. The number of ether oxygens (including phenoxy) is 1. The van der Waals surface area contributed by atoms with Crippen LogP contribution in [0, 0.1) is 6.92 Å². The molecule has 4 heteroatoms. The minimum absolute atomic E-state index is 0.643. The first-order valence-electron chi connectivity index (χ1n) is 5.63. The summed E-state index contributed by atoms with van der Waals surface area (Å²) < 4.78 is 7.40. The third-order valence-electron chi connectivity index (χ3n) is 2.63. The van der Waals surface area contributed by atoms with Crippen molar-refractivity contribution in [3.63, 3.8) is 0 Å². The third-order valence-corrected chi connectivity index (χ3v) is 2.63. The molecule has 0 fully saturated rings. The van der Waals surface area contributed by atoms with Crippen LogP contribution in [-0.2, 0) is 4.74 Å². The Labute approximate surface area is 99.6 Å².